The normalized spacial score (nSPS) is 54.8. The molecule has 0 aliphatic heterocycles. The number of aliphatic carboxylic acids is 2. The maximum Gasteiger partial charge on any atom is 0.309 e. The van der Waals surface area contributed by atoms with Gasteiger partial charge in [-0.05, 0) is 110 Å². The van der Waals surface area contributed by atoms with Crippen LogP contribution in [-0.4, -0.2) is 39.6 Å². The van der Waals surface area contributed by atoms with Crippen LogP contribution in [0.3, 0.4) is 0 Å². The average Bonchev–Trinajstić information content (AvgIpc) is 3.22. The van der Waals surface area contributed by atoms with Gasteiger partial charge in [0.2, 0.25) is 0 Å². The van der Waals surface area contributed by atoms with Crippen molar-refractivity contribution in [2.24, 2.45) is 62.6 Å². The number of rotatable bonds is 4. The SMILES string of the molecule is CC(C(=O)O)[C@@H]1CC[C@]2(C(=O)O)CC[C@]3(C)[C@H](CC[C@@H]4[C@@]5(C)CC[C@@H](O)C(C)(C=O)[C@@H]5CC[C@]43C)[C@@H]12. The Morgan fingerprint density at radius 3 is 2.14 bits per heavy atom. The van der Waals surface area contributed by atoms with Gasteiger partial charge in [0.15, 0.2) is 0 Å². The van der Waals surface area contributed by atoms with Crippen molar-refractivity contribution in [2.75, 3.05) is 0 Å². The quantitative estimate of drug-likeness (QED) is 0.443. The molecule has 202 valence electrons. The Labute approximate surface area is 215 Å². The fourth-order valence-corrected chi connectivity index (χ4v) is 11.6. The highest BCUT2D eigenvalue weighted by Gasteiger charge is 2.72. The number of fused-ring (bicyclic) bond motifs is 7. The largest absolute Gasteiger partial charge is 0.481 e. The van der Waals surface area contributed by atoms with Crippen molar-refractivity contribution < 1.29 is 29.7 Å². The molecule has 5 aliphatic carbocycles. The summed E-state index contributed by atoms with van der Waals surface area (Å²) in [4.78, 5) is 37.2. The van der Waals surface area contributed by atoms with Crippen molar-refractivity contribution in [3.05, 3.63) is 0 Å². The van der Waals surface area contributed by atoms with Crippen molar-refractivity contribution in [3.8, 4) is 0 Å². The predicted octanol–water partition coefficient (Wildman–Crippen LogP) is 5.41. The highest BCUT2D eigenvalue weighted by Crippen LogP contribution is 2.77. The molecule has 0 saturated heterocycles. The second-order valence-corrected chi connectivity index (χ2v) is 14.5. The van der Waals surface area contributed by atoms with Crippen LogP contribution in [-0.2, 0) is 14.4 Å². The first-order valence-electron chi connectivity index (χ1n) is 14.3. The summed E-state index contributed by atoms with van der Waals surface area (Å²) in [5.41, 5.74) is -1.63. The number of aldehydes is 1. The fraction of sp³-hybridized carbons (Fsp3) is 0.900. The standard InChI is InChI=1S/C30H46O6/c1-17(24(33)34)18-8-13-30(25(35)36)15-14-28(4)19(23(18)30)6-7-21-26(2)11-10-22(32)27(3,16-31)20(26)9-12-29(21,28)5/h16-23,32H,6-15H2,1-5H3,(H,33,34)(H,35,36)/t17?,18-,19+,20+,21+,22+,23+,26-,27?,28+,29+,30-/m0/s1. The summed E-state index contributed by atoms with van der Waals surface area (Å²) in [6.45, 7) is 10.9. The van der Waals surface area contributed by atoms with Crippen molar-refractivity contribution in [1.82, 2.24) is 0 Å². The maximum absolute atomic E-state index is 12.8. The van der Waals surface area contributed by atoms with E-state index in [0.29, 0.717) is 31.6 Å². The van der Waals surface area contributed by atoms with Crippen LogP contribution < -0.4 is 0 Å². The van der Waals surface area contributed by atoms with Gasteiger partial charge in [0.25, 0.3) is 0 Å². The van der Waals surface area contributed by atoms with Gasteiger partial charge >= 0.3 is 11.9 Å². The van der Waals surface area contributed by atoms with Crippen LogP contribution in [0, 0.1) is 62.6 Å². The van der Waals surface area contributed by atoms with Crippen molar-refractivity contribution in [3.63, 3.8) is 0 Å². The van der Waals surface area contributed by atoms with Gasteiger partial charge in [-0.25, -0.2) is 0 Å². The molecule has 0 radical (unpaired) electrons. The summed E-state index contributed by atoms with van der Waals surface area (Å²) < 4.78 is 0. The van der Waals surface area contributed by atoms with Crippen molar-refractivity contribution >= 4 is 18.2 Å². The van der Waals surface area contributed by atoms with E-state index in [1.165, 1.54) is 0 Å². The number of carbonyl (C=O) groups excluding carboxylic acids is 1. The van der Waals surface area contributed by atoms with Crippen LogP contribution in [0.25, 0.3) is 0 Å². The molecule has 0 aromatic carbocycles. The Morgan fingerprint density at radius 1 is 0.833 bits per heavy atom. The highest BCUT2D eigenvalue weighted by molar-refractivity contribution is 5.77. The zero-order chi connectivity index (χ0) is 26.5. The maximum atomic E-state index is 12.8. The summed E-state index contributed by atoms with van der Waals surface area (Å²) in [7, 11) is 0. The van der Waals surface area contributed by atoms with Crippen LogP contribution in [0.4, 0.5) is 0 Å². The number of aliphatic hydroxyl groups excluding tert-OH is 1. The lowest BCUT2D eigenvalue weighted by molar-refractivity contribution is -0.247. The number of carboxylic acid groups (broad SMARTS) is 2. The first kappa shape index (κ1) is 26.2. The van der Waals surface area contributed by atoms with Gasteiger partial charge in [0.05, 0.1) is 22.9 Å². The summed E-state index contributed by atoms with van der Waals surface area (Å²) in [5.74, 6) is -1.51. The molecular formula is C30H46O6. The number of hydrogen-bond acceptors (Lipinski definition) is 4. The molecule has 0 aromatic rings. The van der Waals surface area contributed by atoms with Crippen LogP contribution in [0.1, 0.15) is 98.8 Å². The number of hydrogen-bond donors (Lipinski definition) is 3. The molecule has 36 heavy (non-hydrogen) atoms. The lowest BCUT2D eigenvalue weighted by Gasteiger charge is -2.72. The van der Waals surface area contributed by atoms with Crippen LogP contribution >= 0.6 is 0 Å². The van der Waals surface area contributed by atoms with Gasteiger partial charge in [-0.15, -0.1) is 0 Å². The van der Waals surface area contributed by atoms with Crippen molar-refractivity contribution in [2.45, 2.75) is 105 Å². The lowest BCUT2D eigenvalue weighted by atomic mass is 9.32. The zero-order valence-corrected chi connectivity index (χ0v) is 22.8. The molecular weight excluding hydrogens is 456 g/mol. The smallest absolute Gasteiger partial charge is 0.309 e. The Kier molecular flexibility index (Phi) is 5.85. The van der Waals surface area contributed by atoms with E-state index in [0.717, 1.165) is 44.8 Å². The molecule has 0 heterocycles. The molecule has 5 saturated carbocycles. The Morgan fingerprint density at radius 2 is 1.53 bits per heavy atom. The minimum Gasteiger partial charge on any atom is -0.481 e. The Balaban J connectivity index is 1.57. The molecule has 0 spiro atoms. The van der Waals surface area contributed by atoms with Crippen molar-refractivity contribution in [1.29, 1.82) is 0 Å². The molecule has 0 amide bonds. The zero-order valence-electron chi connectivity index (χ0n) is 22.8. The highest BCUT2D eigenvalue weighted by atomic mass is 16.4. The summed E-state index contributed by atoms with van der Waals surface area (Å²) in [6, 6.07) is 0. The lowest BCUT2D eigenvalue weighted by Crippen LogP contribution is -2.67. The number of aliphatic hydroxyl groups is 1. The summed E-state index contributed by atoms with van der Waals surface area (Å²) >= 11 is 0. The van der Waals surface area contributed by atoms with Crippen LogP contribution in [0.5, 0.6) is 0 Å². The van der Waals surface area contributed by atoms with Gasteiger partial charge in [0, 0.05) is 0 Å². The topological polar surface area (TPSA) is 112 Å². The fourth-order valence-electron chi connectivity index (χ4n) is 11.6. The van der Waals surface area contributed by atoms with Crippen LogP contribution in [0.15, 0.2) is 0 Å². The number of carboxylic acids is 2. The van der Waals surface area contributed by atoms with Gasteiger partial charge in [-0.1, -0.05) is 34.6 Å². The van der Waals surface area contributed by atoms with Gasteiger partial charge < -0.3 is 20.1 Å². The first-order valence-corrected chi connectivity index (χ1v) is 14.3. The molecule has 5 fully saturated rings. The van der Waals surface area contributed by atoms with E-state index < -0.39 is 34.8 Å². The molecule has 5 aliphatic rings. The van der Waals surface area contributed by atoms with E-state index in [2.05, 4.69) is 20.8 Å². The summed E-state index contributed by atoms with van der Waals surface area (Å²) in [5, 5.41) is 31.3. The number of carbonyl (C=O) groups is 3. The van der Waals surface area contributed by atoms with Gasteiger partial charge in [0.1, 0.15) is 6.29 Å². The molecule has 0 bridgehead atoms. The monoisotopic (exact) mass is 502 g/mol. The van der Waals surface area contributed by atoms with E-state index in [1.54, 1.807) is 6.92 Å². The van der Waals surface area contributed by atoms with E-state index in [4.69, 9.17) is 0 Å². The van der Waals surface area contributed by atoms with E-state index in [9.17, 15) is 29.7 Å². The minimum atomic E-state index is -0.810. The third kappa shape index (κ3) is 2.97. The van der Waals surface area contributed by atoms with Gasteiger partial charge in [-0.2, -0.15) is 0 Å². The molecule has 6 nitrogen and oxygen atoms in total. The molecule has 2 unspecified atom stereocenters. The van der Waals surface area contributed by atoms with E-state index in [1.807, 2.05) is 6.92 Å². The molecule has 12 atom stereocenters. The first-order chi connectivity index (χ1) is 16.7. The predicted molar refractivity (Wildman–Crippen MR) is 135 cm³/mol. The minimum absolute atomic E-state index is 0.00246. The Bertz CT molecular complexity index is 963. The van der Waals surface area contributed by atoms with E-state index in [-0.39, 0.29) is 39.9 Å². The average molecular weight is 503 g/mol. The van der Waals surface area contributed by atoms with E-state index >= 15 is 0 Å². The second kappa shape index (κ2) is 8.04. The molecule has 3 N–H and O–H groups in total. The summed E-state index contributed by atoms with van der Waals surface area (Å²) in [6.07, 6.45) is 8.60. The third-order valence-electron chi connectivity index (χ3n) is 13.9. The van der Waals surface area contributed by atoms with Crippen LogP contribution in [0.2, 0.25) is 0 Å². The molecule has 5 rings (SSSR count). The van der Waals surface area contributed by atoms with Gasteiger partial charge in [-0.3, -0.25) is 9.59 Å². The molecule has 6 heteroatoms. The molecule has 0 aromatic heterocycles. The third-order valence-corrected chi connectivity index (χ3v) is 13.9. The Hall–Kier alpha value is -1.43. The second-order valence-electron chi connectivity index (χ2n) is 14.5.